The van der Waals surface area contributed by atoms with Crippen molar-refractivity contribution in [2.24, 2.45) is 0 Å². The average molecular weight is 356 g/mol. The zero-order valence-corrected chi connectivity index (χ0v) is 15.3. The van der Waals surface area contributed by atoms with Gasteiger partial charge in [-0.25, -0.2) is 4.31 Å². The number of para-hydroxylation sites is 1. The van der Waals surface area contributed by atoms with Crippen molar-refractivity contribution in [2.45, 2.75) is 18.1 Å². The molecule has 2 aromatic rings. The molecular weight excluding hydrogens is 330 g/mol. The van der Waals surface area contributed by atoms with Gasteiger partial charge in [0.25, 0.3) is 0 Å². The first-order chi connectivity index (χ1) is 12.4. The normalized spacial score (nSPS) is 21.5. The second-order valence-electron chi connectivity index (χ2n) is 6.61. The molecule has 1 unspecified atom stereocenters. The van der Waals surface area contributed by atoms with Gasteiger partial charge in [-0.2, -0.15) is 0 Å². The van der Waals surface area contributed by atoms with Gasteiger partial charge in [-0.1, -0.05) is 36.2 Å². The number of aromatic nitrogens is 1. The number of piperazine rings is 1. The molecule has 0 amide bonds. The van der Waals surface area contributed by atoms with Gasteiger partial charge in [0.1, 0.15) is 5.75 Å². The first kappa shape index (κ1) is 16.9. The molecule has 4 nitrogen and oxygen atoms in total. The van der Waals surface area contributed by atoms with Crippen LogP contribution in [0, 0.1) is 0 Å². The van der Waals surface area contributed by atoms with Crippen molar-refractivity contribution in [1.29, 1.82) is 0 Å². The molecular formula is C20H25N3OS. The lowest BCUT2D eigenvalue weighted by Crippen LogP contribution is -2.44. The average Bonchev–Trinajstić information content (AvgIpc) is 2.69. The Bertz CT molecular complexity index is 674. The predicted octanol–water partition coefficient (Wildman–Crippen LogP) is 3.41. The number of fused-ring (bicyclic) bond motifs is 1. The lowest BCUT2D eigenvalue weighted by atomic mass is 10.1. The summed E-state index contributed by atoms with van der Waals surface area (Å²) in [5.74, 6) is 1.07. The summed E-state index contributed by atoms with van der Waals surface area (Å²) < 4.78 is 8.33. The van der Waals surface area contributed by atoms with Crippen LogP contribution in [0.15, 0.2) is 48.7 Å². The van der Waals surface area contributed by atoms with Gasteiger partial charge in [-0.15, -0.1) is 0 Å². The van der Waals surface area contributed by atoms with E-state index in [9.17, 15) is 0 Å². The highest BCUT2D eigenvalue weighted by atomic mass is 32.2. The molecule has 1 saturated heterocycles. The Morgan fingerprint density at radius 3 is 2.72 bits per heavy atom. The van der Waals surface area contributed by atoms with Crippen LogP contribution >= 0.6 is 11.9 Å². The van der Waals surface area contributed by atoms with E-state index in [-0.39, 0.29) is 0 Å². The summed E-state index contributed by atoms with van der Waals surface area (Å²) in [5.41, 5.74) is 2.55. The molecule has 0 spiro atoms. The van der Waals surface area contributed by atoms with Crippen LogP contribution in [0.5, 0.6) is 5.75 Å². The van der Waals surface area contributed by atoms with Crippen molar-refractivity contribution in [3.63, 3.8) is 0 Å². The summed E-state index contributed by atoms with van der Waals surface area (Å²) in [6, 6.07) is 14.7. The van der Waals surface area contributed by atoms with E-state index in [2.05, 4.69) is 50.6 Å². The topological polar surface area (TPSA) is 28.6 Å². The summed E-state index contributed by atoms with van der Waals surface area (Å²) >= 11 is 2.01. The molecule has 1 aromatic carbocycles. The highest BCUT2D eigenvalue weighted by Crippen LogP contribution is 2.42. The van der Waals surface area contributed by atoms with Crippen LogP contribution in [0.25, 0.3) is 0 Å². The Morgan fingerprint density at radius 2 is 1.88 bits per heavy atom. The van der Waals surface area contributed by atoms with Crippen LogP contribution in [-0.2, 0) is 6.42 Å². The highest BCUT2D eigenvalue weighted by molar-refractivity contribution is 7.97. The van der Waals surface area contributed by atoms with Crippen molar-refractivity contribution in [3.05, 3.63) is 59.9 Å². The number of ether oxygens (including phenoxy) is 1. The zero-order chi connectivity index (χ0) is 16.9. The Morgan fingerprint density at radius 1 is 1.04 bits per heavy atom. The van der Waals surface area contributed by atoms with Crippen molar-refractivity contribution in [2.75, 3.05) is 39.3 Å². The SMILES string of the molecule is c1ccc(CCN2CCN(SC3CCOc4ccccc43)CC2)nc1. The van der Waals surface area contributed by atoms with Crippen LogP contribution in [-0.4, -0.2) is 53.5 Å². The Hall–Kier alpha value is -1.56. The molecule has 1 fully saturated rings. The van der Waals surface area contributed by atoms with E-state index in [0.29, 0.717) is 5.25 Å². The fourth-order valence-electron chi connectivity index (χ4n) is 3.48. The minimum absolute atomic E-state index is 0.532. The van der Waals surface area contributed by atoms with E-state index in [1.165, 1.54) is 11.3 Å². The molecule has 3 heterocycles. The van der Waals surface area contributed by atoms with Gasteiger partial charge in [0.2, 0.25) is 0 Å². The minimum Gasteiger partial charge on any atom is -0.493 e. The summed E-state index contributed by atoms with van der Waals surface area (Å²) in [4.78, 5) is 6.98. The van der Waals surface area contributed by atoms with E-state index in [1.807, 2.05) is 24.2 Å². The van der Waals surface area contributed by atoms with Gasteiger partial charge in [-0.3, -0.25) is 4.98 Å². The van der Waals surface area contributed by atoms with Crippen LogP contribution in [0.3, 0.4) is 0 Å². The molecule has 132 valence electrons. The first-order valence-electron chi connectivity index (χ1n) is 9.14. The van der Waals surface area contributed by atoms with Crippen LogP contribution < -0.4 is 4.74 Å². The maximum absolute atomic E-state index is 5.79. The van der Waals surface area contributed by atoms with E-state index < -0.39 is 0 Å². The third-order valence-corrected chi connectivity index (χ3v) is 6.33. The number of hydrogen-bond acceptors (Lipinski definition) is 5. The molecule has 0 radical (unpaired) electrons. The lowest BCUT2D eigenvalue weighted by molar-refractivity contribution is 0.196. The fraction of sp³-hybridized carbons (Fsp3) is 0.450. The summed E-state index contributed by atoms with van der Waals surface area (Å²) in [5, 5.41) is 0.532. The largest absolute Gasteiger partial charge is 0.493 e. The van der Waals surface area contributed by atoms with Crippen LogP contribution in [0.2, 0.25) is 0 Å². The maximum Gasteiger partial charge on any atom is 0.123 e. The molecule has 5 heteroatoms. The third-order valence-electron chi connectivity index (χ3n) is 4.92. The molecule has 0 aliphatic carbocycles. The number of rotatable bonds is 5. The maximum atomic E-state index is 5.79. The Balaban J connectivity index is 1.26. The standard InChI is InChI=1S/C20H25N3OS/c1-2-7-19-18(6-1)20(9-16-24-19)25-23-14-12-22(13-15-23)11-8-17-5-3-4-10-21-17/h1-7,10,20H,8-9,11-16H2. The monoisotopic (exact) mass is 355 g/mol. The second-order valence-corrected chi connectivity index (χ2v) is 7.91. The van der Waals surface area contributed by atoms with Crippen LogP contribution in [0.4, 0.5) is 0 Å². The van der Waals surface area contributed by atoms with Gasteiger partial charge in [0.05, 0.1) is 11.9 Å². The minimum atomic E-state index is 0.532. The van der Waals surface area contributed by atoms with Gasteiger partial charge >= 0.3 is 0 Å². The van der Waals surface area contributed by atoms with Crippen molar-refractivity contribution >= 4 is 11.9 Å². The molecule has 1 aromatic heterocycles. The van der Waals surface area contributed by atoms with E-state index in [1.54, 1.807) is 0 Å². The zero-order valence-electron chi connectivity index (χ0n) is 14.5. The molecule has 0 saturated carbocycles. The molecule has 25 heavy (non-hydrogen) atoms. The second kappa shape index (κ2) is 8.21. The van der Waals surface area contributed by atoms with Crippen LogP contribution in [0.1, 0.15) is 22.9 Å². The number of pyridine rings is 1. The van der Waals surface area contributed by atoms with E-state index >= 15 is 0 Å². The number of benzene rings is 1. The van der Waals surface area contributed by atoms with E-state index in [4.69, 9.17) is 4.74 Å². The van der Waals surface area contributed by atoms with Gasteiger partial charge in [0, 0.05) is 56.6 Å². The molecule has 0 bridgehead atoms. The number of nitrogens with zero attached hydrogens (tertiary/aromatic N) is 3. The van der Waals surface area contributed by atoms with Crippen molar-refractivity contribution in [1.82, 2.24) is 14.2 Å². The van der Waals surface area contributed by atoms with Gasteiger partial charge < -0.3 is 9.64 Å². The first-order valence-corrected chi connectivity index (χ1v) is 9.98. The van der Waals surface area contributed by atoms with Crippen molar-refractivity contribution in [3.8, 4) is 5.75 Å². The summed E-state index contributed by atoms with van der Waals surface area (Å²) in [6.45, 7) is 6.49. The lowest BCUT2D eigenvalue weighted by Gasteiger charge is -2.36. The number of hydrogen-bond donors (Lipinski definition) is 0. The fourth-order valence-corrected chi connectivity index (χ4v) is 4.72. The Labute approximate surface area is 154 Å². The summed E-state index contributed by atoms with van der Waals surface area (Å²) in [6.07, 6.45) is 4.03. The summed E-state index contributed by atoms with van der Waals surface area (Å²) in [7, 11) is 0. The smallest absolute Gasteiger partial charge is 0.123 e. The van der Waals surface area contributed by atoms with E-state index in [0.717, 1.165) is 57.9 Å². The molecule has 4 rings (SSSR count). The Kier molecular flexibility index (Phi) is 5.55. The quantitative estimate of drug-likeness (QED) is 0.767. The third kappa shape index (κ3) is 4.35. The van der Waals surface area contributed by atoms with Crippen molar-refractivity contribution < 1.29 is 4.74 Å². The predicted molar refractivity (Wildman–Crippen MR) is 103 cm³/mol. The van der Waals surface area contributed by atoms with Gasteiger partial charge in [0.15, 0.2) is 0 Å². The molecule has 0 N–H and O–H groups in total. The highest BCUT2D eigenvalue weighted by Gasteiger charge is 2.26. The van der Waals surface area contributed by atoms with Gasteiger partial charge in [-0.05, 0) is 24.6 Å². The molecule has 2 aliphatic heterocycles. The molecule has 1 atom stereocenters. The molecule has 2 aliphatic rings.